The number of carboxylic acid groups (broad SMARTS) is 1. The number of halogens is 1. The van der Waals surface area contributed by atoms with E-state index in [1.165, 1.54) is 54.1 Å². The van der Waals surface area contributed by atoms with E-state index < -0.39 is 6.16 Å². The van der Waals surface area contributed by atoms with Gasteiger partial charge in [-0.15, -0.1) is 0 Å². The van der Waals surface area contributed by atoms with Crippen LogP contribution in [0, 0.1) is 9.49 Å². The number of carbonyl (C=O) groups is 1. The molecule has 0 aliphatic heterocycles. The van der Waals surface area contributed by atoms with Crippen molar-refractivity contribution in [1.29, 1.82) is 0 Å². The standard InChI is InChI=1S/C20H31IO3/c1-2-3-4-5-6-7-8-9-10-18(16-24-20(22)23)15-17-11-13-19(21)14-12-17/h11-14,18H,2-10,15-16H2,1H3,(H,22,23). The minimum Gasteiger partial charge on any atom is -0.450 e. The van der Waals surface area contributed by atoms with Crippen LogP contribution in [0.25, 0.3) is 0 Å². The Morgan fingerprint density at radius 2 is 1.62 bits per heavy atom. The van der Waals surface area contributed by atoms with Crippen molar-refractivity contribution in [2.45, 2.75) is 71.1 Å². The maximum Gasteiger partial charge on any atom is 0.505 e. The van der Waals surface area contributed by atoms with Crippen LogP contribution in [0.2, 0.25) is 0 Å². The first-order valence-corrected chi connectivity index (χ1v) is 10.3. The van der Waals surface area contributed by atoms with Gasteiger partial charge in [0, 0.05) is 3.57 Å². The summed E-state index contributed by atoms with van der Waals surface area (Å²) < 4.78 is 6.06. The molecule has 1 N–H and O–H groups in total. The molecule has 0 amide bonds. The quantitative estimate of drug-likeness (QED) is 0.209. The van der Waals surface area contributed by atoms with Gasteiger partial charge in [-0.05, 0) is 59.0 Å². The number of unbranched alkanes of at least 4 members (excludes halogenated alkanes) is 7. The molecule has 1 unspecified atom stereocenters. The summed E-state index contributed by atoms with van der Waals surface area (Å²) in [6, 6.07) is 8.45. The molecule has 3 nitrogen and oxygen atoms in total. The van der Waals surface area contributed by atoms with Crippen molar-refractivity contribution in [3.05, 3.63) is 33.4 Å². The molecule has 136 valence electrons. The average Bonchev–Trinajstić information content (AvgIpc) is 2.56. The molecular formula is C20H31IO3. The lowest BCUT2D eigenvalue weighted by Gasteiger charge is -2.16. The minimum absolute atomic E-state index is 0.279. The van der Waals surface area contributed by atoms with Crippen molar-refractivity contribution in [3.63, 3.8) is 0 Å². The molecule has 0 saturated heterocycles. The monoisotopic (exact) mass is 446 g/mol. The van der Waals surface area contributed by atoms with Crippen molar-refractivity contribution >= 4 is 28.7 Å². The van der Waals surface area contributed by atoms with Gasteiger partial charge in [0.05, 0.1) is 6.61 Å². The smallest absolute Gasteiger partial charge is 0.450 e. The molecular weight excluding hydrogens is 415 g/mol. The Bertz CT molecular complexity index is 445. The molecule has 0 fully saturated rings. The van der Waals surface area contributed by atoms with Crippen LogP contribution in [0.4, 0.5) is 4.79 Å². The van der Waals surface area contributed by atoms with Crippen molar-refractivity contribution in [1.82, 2.24) is 0 Å². The van der Waals surface area contributed by atoms with Crippen molar-refractivity contribution in [2.24, 2.45) is 5.92 Å². The summed E-state index contributed by atoms with van der Waals surface area (Å²) in [5.74, 6) is 0.279. The van der Waals surface area contributed by atoms with Gasteiger partial charge in [-0.1, -0.05) is 70.4 Å². The van der Waals surface area contributed by atoms with Gasteiger partial charge in [0.15, 0.2) is 0 Å². The lowest BCUT2D eigenvalue weighted by atomic mass is 9.94. The summed E-state index contributed by atoms with van der Waals surface area (Å²) >= 11 is 2.30. The Balaban J connectivity index is 2.28. The highest BCUT2D eigenvalue weighted by Gasteiger charge is 2.12. The Hall–Kier alpha value is -0.780. The number of ether oxygens (including phenoxy) is 1. The normalized spacial score (nSPS) is 12.1. The number of hydrogen-bond acceptors (Lipinski definition) is 2. The van der Waals surface area contributed by atoms with Crippen molar-refractivity contribution in [3.8, 4) is 0 Å². The molecule has 0 spiro atoms. The van der Waals surface area contributed by atoms with E-state index in [-0.39, 0.29) is 5.92 Å². The van der Waals surface area contributed by atoms with Gasteiger partial charge >= 0.3 is 6.16 Å². The van der Waals surface area contributed by atoms with Crippen LogP contribution >= 0.6 is 22.6 Å². The Kier molecular flexibility index (Phi) is 12.0. The second-order valence-electron chi connectivity index (χ2n) is 6.54. The maximum absolute atomic E-state index is 10.7. The van der Waals surface area contributed by atoms with Gasteiger partial charge < -0.3 is 9.84 Å². The van der Waals surface area contributed by atoms with Gasteiger partial charge in [0.25, 0.3) is 0 Å². The minimum atomic E-state index is -1.17. The molecule has 1 aromatic carbocycles. The number of hydrogen-bond donors (Lipinski definition) is 1. The zero-order valence-corrected chi connectivity index (χ0v) is 17.0. The maximum atomic E-state index is 10.7. The van der Waals surface area contributed by atoms with E-state index in [1.54, 1.807) is 0 Å². The van der Waals surface area contributed by atoms with E-state index in [9.17, 15) is 4.79 Å². The Labute approximate surface area is 160 Å². The predicted molar refractivity (Wildman–Crippen MR) is 108 cm³/mol. The fraction of sp³-hybridized carbons (Fsp3) is 0.650. The fourth-order valence-electron chi connectivity index (χ4n) is 2.95. The van der Waals surface area contributed by atoms with Crippen LogP contribution in [0.15, 0.2) is 24.3 Å². The van der Waals surface area contributed by atoms with Crippen LogP contribution in [0.1, 0.15) is 70.3 Å². The Morgan fingerprint density at radius 3 is 2.21 bits per heavy atom. The van der Waals surface area contributed by atoms with E-state index in [2.05, 4.69) is 53.8 Å². The molecule has 24 heavy (non-hydrogen) atoms. The van der Waals surface area contributed by atoms with Crippen molar-refractivity contribution in [2.75, 3.05) is 6.61 Å². The van der Waals surface area contributed by atoms with Gasteiger partial charge in [0.1, 0.15) is 0 Å². The largest absolute Gasteiger partial charge is 0.505 e. The van der Waals surface area contributed by atoms with Gasteiger partial charge in [-0.25, -0.2) is 4.79 Å². The molecule has 0 heterocycles. The first-order valence-electron chi connectivity index (χ1n) is 9.22. The average molecular weight is 446 g/mol. The molecule has 1 aromatic rings. The molecule has 0 saturated carbocycles. The third-order valence-corrected chi connectivity index (χ3v) is 5.07. The number of rotatable bonds is 13. The lowest BCUT2D eigenvalue weighted by Crippen LogP contribution is -2.15. The topological polar surface area (TPSA) is 46.5 Å². The van der Waals surface area contributed by atoms with Crippen LogP contribution in [-0.2, 0) is 11.2 Å². The number of benzene rings is 1. The van der Waals surface area contributed by atoms with Crippen LogP contribution in [-0.4, -0.2) is 17.9 Å². The lowest BCUT2D eigenvalue weighted by molar-refractivity contribution is 0.0749. The van der Waals surface area contributed by atoms with E-state index in [4.69, 9.17) is 9.84 Å². The summed E-state index contributed by atoms with van der Waals surface area (Å²) in [6.45, 7) is 2.55. The molecule has 1 rings (SSSR count). The third-order valence-electron chi connectivity index (χ3n) is 4.35. The molecule has 0 aromatic heterocycles. The van der Waals surface area contributed by atoms with Gasteiger partial charge in [-0.3, -0.25) is 0 Å². The summed E-state index contributed by atoms with van der Waals surface area (Å²) in [5.41, 5.74) is 1.26. The second kappa shape index (κ2) is 13.5. The molecule has 0 aliphatic rings. The highest BCUT2D eigenvalue weighted by atomic mass is 127. The van der Waals surface area contributed by atoms with Crippen LogP contribution in [0.3, 0.4) is 0 Å². The van der Waals surface area contributed by atoms with E-state index in [1.807, 2.05) is 0 Å². The SMILES string of the molecule is CCCCCCCCCCC(COC(=O)O)Cc1ccc(I)cc1. The first-order chi connectivity index (χ1) is 11.6. The first kappa shape index (κ1) is 21.3. The van der Waals surface area contributed by atoms with Crippen LogP contribution in [0.5, 0.6) is 0 Å². The summed E-state index contributed by atoms with van der Waals surface area (Å²) in [6.07, 6.45) is 11.1. The third kappa shape index (κ3) is 10.9. The molecule has 0 bridgehead atoms. The molecule has 4 heteroatoms. The fourth-order valence-corrected chi connectivity index (χ4v) is 3.31. The van der Waals surface area contributed by atoms with Crippen LogP contribution < -0.4 is 0 Å². The van der Waals surface area contributed by atoms with E-state index in [0.29, 0.717) is 6.61 Å². The van der Waals surface area contributed by atoms with Crippen molar-refractivity contribution < 1.29 is 14.6 Å². The zero-order valence-electron chi connectivity index (χ0n) is 14.8. The highest BCUT2D eigenvalue weighted by molar-refractivity contribution is 14.1. The zero-order chi connectivity index (χ0) is 17.6. The summed E-state index contributed by atoms with van der Waals surface area (Å²) in [7, 11) is 0. The summed E-state index contributed by atoms with van der Waals surface area (Å²) in [4.78, 5) is 10.7. The van der Waals surface area contributed by atoms with Gasteiger partial charge in [-0.2, -0.15) is 0 Å². The Morgan fingerprint density at radius 1 is 1.04 bits per heavy atom. The predicted octanol–water partition coefficient (Wildman–Crippen LogP) is 6.68. The summed E-state index contributed by atoms with van der Waals surface area (Å²) in [5, 5.41) is 8.75. The van der Waals surface area contributed by atoms with E-state index >= 15 is 0 Å². The molecule has 1 atom stereocenters. The molecule has 0 aliphatic carbocycles. The molecule has 0 radical (unpaired) electrons. The second-order valence-corrected chi connectivity index (χ2v) is 7.78. The van der Waals surface area contributed by atoms with E-state index in [0.717, 1.165) is 19.3 Å². The van der Waals surface area contributed by atoms with Gasteiger partial charge in [0.2, 0.25) is 0 Å². The highest BCUT2D eigenvalue weighted by Crippen LogP contribution is 2.19.